The second-order valence-corrected chi connectivity index (χ2v) is 11.3. The van der Waals surface area contributed by atoms with Crippen molar-refractivity contribution in [2.75, 3.05) is 32.5 Å². The number of carbonyl (C=O) groups excluding carboxylic acids is 1. The number of nitrogens with one attached hydrogen (secondary N) is 1. The second kappa shape index (κ2) is 8.84. The van der Waals surface area contributed by atoms with Gasteiger partial charge in [-0.05, 0) is 37.1 Å². The molecule has 0 spiro atoms. The van der Waals surface area contributed by atoms with E-state index in [4.69, 9.17) is 0 Å². The van der Waals surface area contributed by atoms with Crippen molar-refractivity contribution in [3.05, 3.63) is 54.6 Å². The van der Waals surface area contributed by atoms with E-state index in [1.54, 1.807) is 48.5 Å². The summed E-state index contributed by atoms with van der Waals surface area (Å²) in [7, 11) is -4.45. The maximum Gasteiger partial charge on any atom is 0.244 e. The first-order valence-corrected chi connectivity index (χ1v) is 12.4. The highest BCUT2D eigenvalue weighted by Crippen LogP contribution is 2.27. The number of hydrogen-bond donors (Lipinski definition) is 1. The maximum atomic E-state index is 12.8. The monoisotopic (exact) mass is 451 g/mol. The third kappa shape index (κ3) is 4.56. The molecule has 1 heterocycles. The molecule has 2 aromatic rings. The molecule has 0 saturated carbocycles. The third-order valence-corrected chi connectivity index (χ3v) is 8.90. The molecule has 3 rings (SSSR count). The van der Waals surface area contributed by atoms with Crippen LogP contribution in [-0.4, -0.2) is 58.5 Å². The summed E-state index contributed by atoms with van der Waals surface area (Å²) >= 11 is 0. The van der Waals surface area contributed by atoms with E-state index in [1.807, 2.05) is 0 Å². The molecule has 0 aliphatic carbocycles. The lowest BCUT2D eigenvalue weighted by Gasteiger charge is -2.30. The number of hydrogen-bond acceptors (Lipinski definition) is 5. The first-order valence-electron chi connectivity index (χ1n) is 9.51. The molecule has 162 valence electrons. The van der Waals surface area contributed by atoms with Crippen LogP contribution in [0, 0.1) is 5.92 Å². The zero-order valence-electron chi connectivity index (χ0n) is 16.9. The van der Waals surface area contributed by atoms with Gasteiger partial charge in [-0.15, -0.1) is 0 Å². The summed E-state index contributed by atoms with van der Waals surface area (Å²) in [4.78, 5) is 13.0. The number of rotatable bonds is 6. The van der Waals surface area contributed by atoms with Gasteiger partial charge in [0.25, 0.3) is 0 Å². The van der Waals surface area contributed by atoms with Gasteiger partial charge in [-0.25, -0.2) is 21.1 Å². The minimum Gasteiger partial charge on any atom is -0.325 e. The van der Waals surface area contributed by atoms with Gasteiger partial charge in [0.1, 0.15) is 4.90 Å². The SMILES string of the molecule is CN(C)S(=O)(=O)c1ccccc1NC(=O)C1CCN(S(=O)(=O)c2ccccc2)CC1. The zero-order valence-corrected chi connectivity index (χ0v) is 18.5. The summed E-state index contributed by atoms with van der Waals surface area (Å²) in [5, 5.41) is 2.71. The maximum absolute atomic E-state index is 12.8. The van der Waals surface area contributed by atoms with Crippen molar-refractivity contribution in [3.8, 4) is 0 Å². The number of benzene rings is 2. The van der Waals surface area contributed by atoms with Gasteiger partial charge in [0.05, 0.1) is 10.6 Å². The molecule has 1 fully saturated rings. The molecule has 0 unspecified atom stereocenters. The average molecular weight is 452 g/mol. The average Bonchev–Trinajstić information content (AvgIpc) is 2.74. The summed E-state index contributed by atoms with van der Waals surface area (Å²) < 4.78 is 52.9. The number of para-hydroxylation sites is 1. The largest absolute Gasteiger partial charge is 0.325 e. The van der Waals surface area contributed by atoms with Gasteiger partial charge >= 0.3 is 0 Å². The lowest BCUT2D eigenvalue weighted by molar-refractivity contribution is -0.120. The topological polar surface area (TPSA) is 104 Å². The van der Waals surface area contributed by atoms with Gasteiger partial charge in [0.2, 0.25) is 26.0 Å². The molecular weight excluding hydrogens is 426 g/mol. The minimum absolute atomic E-state index is 0.0208. The Morgan fingerprint density at radius 1 is 0.933 bits per heavy atom. The summed E-state index contributed by atoms with van der Waals surface area (Å²) in [5.41, 5.74) is 0.218. The molecule has 0 atom stereocenters. The molecule has 0 radical (unpaired) electrons. The van der Waals surface area contributed by atoms with Crippen LogP contribution in [-0.2, 0) is 24.8 Å². The van der Waals surface area contributed by atoms with Crippen LogP contribution in [0.1, 0.15) is 12.8 Å². The fraction of sp³-hybridized carbons (Fsp3) is 0.350. The Bertz CT molecular complexity index is 1110. The second-order valence-electron chi connectivity index (χ2n) is 7.26. The van der Waals surface area contributed by atoms with Crippen LogP contribution in [0.4, 0.5) is 5.69 Å². The minimum atomic E-state index is -3.71. The van der Waals surface area contributed by atoms with Crippen LogP contribution in [0.2, 0.25) is 0 Å². The Morgan fingerprint density at radius 2 is 1.50 bits per heavy atom. The Kier molecular flexibility index (Phi) is 6.61. The van der Waals surface area contributed by atoms with E-state index < -0.39 is 26.0 Å². The smallest absolute Gasteiger partial charge is 0.244 e. The number of nitrogens with zero attached hydrogens (tertiary/aromatic N) is 2. The molecule has 8 nitrogen and oxygen atoms in total. The highest BCUT2D eigenvalue weighted by atomic mass is 32.2. The van der Waals surface area contributed by atoms with Gasteiger partial charge in [0.15, 0.2) is 0 Å². The lowest BCUT2D eigenvalue weighted by Crippen LogP contribution is -2.41. The molecular formula is C20H25N3O5S2. The summed E-state index contributed by atoms with van der Waals surface area (Å²) in [6, 6.07) is 14.4. The van der Waals surface area contributed by atoms with E-state index in [1.165, 1.54) is 24.5 Å². The van der Waals surface area contributed by atoms with E-state index in [-0.39, 0.29) is 34.5 Å². The Labute approximate surface area is 177 Å². The molecule has 1 saturated heterocycles. The van der Waals surface area contributed by atoms with E-state index in [2.05, 4.69) is 5.32 Å². The first-order chi connectivity index (χ1) is 14.1. The van der Waals surface area contributed by atoms with Crippen LogP contribution >= 0.6 is 0 Å². The summed E-state index contributed by atoms with van der Waals surface area (Å²) in [5.74, 6) is -0.712. The standard InChI is InChI=1S/C20H25N3O5S2/c1-22(2)30(27,28)19-11-7-6-10-18(19)21-20(24)16-12-14-23(15-13-16)29(25,26)17-8-4-3-5-9-17/h3-11,16H,12-15H2,1-2H3,(H,21,24). The lowest BCUT2D eigenvalue weighted by atomic mass is 9.97. The van der Waals surface area contributed by atoms with E-state index in [0.29, 0.717) is 12.8 Å². The van der Waals surface area contributed by atoms with E-state index in [9.17, 15) is 21.6 Å². The van der Waals surface area contributed by atoms with Crippen LogP contribution in [0.15, 0.2) is 64.4 Å². The number of piperidine rings is 1. The number of amides is 1. The van der Waals surface area contributed by atoms with Crippen LogP contribution in [0.3, 0.4) is 0 Å². The van der Waals surface area contributed by atoms with Gasteiger partial charge in [-0.1, -0.05) is 30.3 Å². The Balaban J connectivity index is 1.69. The zero-order chi connectivity index (χ0) is 21.9. The number of anilines is 1. The van der Waals surface area contributed by atoms with E-state index >= 15 is 0 Å². The summed E-state index contributed by atoms with van der Waals surface area (Å²) in [6.45, 7) is 0.458. The normalized spacial score (nSPS) is 16.5. The molecule has 0 aromatic heterocycles. The number of sulfonamides is 2. The van der Waals surface area contributed by atoms with Crippen molar-refractivity contribution in [1.82, 2.24) is 8.61 Å². The first kappa shape index (κ1) is 22.4. The summed E-state index contributed by atoms with van der Waals surface area (Å²) in [6.07, 6.45) is 0.723. The predicted octanol–water partition coefficient (Wildman–Crippen LogP) is 1.98. The molecule has 1 aliphatic rings. The molecule has 0 bridgehead atoms. The fourth-order valence-electron chi connectivity index (χ4n) is 3.33. The Hall–Kier alpha value is -2.27. The quantitative estimate of drug-likeness (QED) is 0.723. The Morgan fingerprint density at radius 3 is 2.10 bits per heavy atom. The fourth-order valence-corrected chi connectivity index (χ4v) is 5.86. The molecule has 10 heteroatoms. The highest BCUT2D eigenvalue weighted by Gasteiger charge is 2.32. The van der Waals surface area contributed by atoms with Gasteiger partial charge in [-0.2, -0.15) is 4.31 Å². The molecule has 1 amide bonds. The van der Waals surface area contributed by atoms with Crippen LogP contribution in [0.5, 0.6) is 0 Å². The molecule has 2 aromatic carbocycles. The molecule has 30 heavy (non-hydrogen) atoms. The highest BCUT2D eigenvalue weighted by molar-refractivity contribution is 7.89. The number of carbonyl (C=O) groups is 1. The van der Waals surface area contributed by atoms with Crippen molar-refractivity contribution < 1.29 is 21.6 Å². The van der Waals surface area contributed by atoms with Crippen molar-refractivity contribution in [2.24, 2.45) is 5.92 Å². The predicted molar refractivity (Wildman–Crippen MR) is 114 cm³/mol. The van der Waals surface area contributed by atoms with Crippen molar-refractivity contribution in [1.29, 1.82) is 0 Å². The van der Waals surface area contributed by atoms with Crippen LogP contribution < -0.4 is 5.32 Å². The van der Waals surface area contributed by atoms with Crippen molar-refractivity contribution >= 4 is 31.6 Å². The van der Waals surface area contributed by atoms with E-state index in [0.717, 1.165) is 4.31 Å². The third-order valence-electron chi connectivity index (χ3n) is 5.11. The van der Waals surface area contributed by atoms with Gasteiger partial charge in [-0.3, -0.25) is 4.79 Å². The van der Waals surface area contributed by atoms with Crippen LogP contribution in [0.25, 0.3) is 0 Å². The van der Waals surface area contributed by atoms with Gasteiger partial charge < -0.3 is 5.32 Å². The van der Waals surface area contributed by atoms with Gasteiger partial charge in [0, 0.05) is 33.1 Å². The molecule has 1 N–H and O–H groups in total. The van der Waals surface area contributed by atoms with Crippen molar-refractivity contribution in [3.63, 3.8) is 0 Å². The molecule has 1 aliphatic heterocycles. The van der Waals surface area contributed by atoms with Crippen molar-refractivity contribution in [2.45, 2.75) is 22.6 Å².